The smallest absolute Gasteiger partial charge is 0.410 e. The van der Waals surface area contributed by atoms with Gasteiger partial charge in [-0.05, 0) is 54.5 Å². The first-order chi connectivity index (χ1) is 15.1. The van der Waals surface area contributed by atoms with Gasteiger partial charge in [-0.3, -0.25) is 10.1 Å². The van der Waals surface area contributed by atoms with Crippen LogP contribution in [0.4, 0.5) is 16.2 Å². The number of hydrogen-bond acceptors (Lipinski definition) is 5. The number of hydrogen-bond donors (Lipinski definition) is 3. The minimum atomic E-state index is -0.654. The van der Waals surface area contributed by atoms with Gasteiger partial charge >= 0.3 is 6.09 Å². The van der Waals surface area contributed by atoms with Crippen molar-refractivity contribution in [2.75, 3.05) is 10.6 Å². The average Bonchev–Trinajstić information content (AvgIpc) is 3.24. The van der Waals surface area contributed by atoms with Crippen LogP contribution in [0.1, 0.15) is 44.0 Å². The molecule has 1 saturated carbocycles. The summed E-state index contributed by atoms with van der Waals surface area (Å²) < 4.78 is 6.88. The molecule has 9 heteroatoms. The van der Waals surface area contributed by atoms with Crippen molar-refractivity contribution in [1.82, 2.24) is 9.61 Å². The van der Waals surface area contributed by atoms with E-state index in [9.17, 15) is 9.59 Å². The van der Waals surface area contributed by atoms with Crippen LogP contribution >= 0.6 is 11.6 Å². The number of halogens is 1. The molecule has 2 heterocycles. The van der Waals surface area contributed by atoms with Gasteiger partial charge < -0.3 is 15.8 Å². The van der Waals surface area contributed by atoms with E-state index in [1.54, 1.807) is 41.0 Å². The van der Waals surface area contributed by atoms with E-state index in [-0.39, 0.29) is 11.5 Å². The van der Waals surface area contributed by atoms with Crippen molar-refractivity contribution in [2.24, 2.45) is 17.1 Å². The highest BCUT2D eigenvalue weighted by Gasteiger charge is 2.41. The van der Waals surface area contributed by atoms with Gasteiger partial charge in [0.05, 0.1) is 34.8 Å². The maximum atomic E-state index is 12.3. The minimum absolute atomic E-state index is 0.0469. The van der Waals surface area contributed by atoms with Crippen LogP contribution in [0.3, 0.4) is 0 Å². The second kappa shape index (κ2) is 8.35. The molecule has 1 aliphatic rings. The van der Waals surface area contributed by atoms with Crippen LogP contribution in [-0.4, -0.2) is 27.7 Å². The Hall–Kier alpha value is -3.26. The molecule has 2 aromatic heterocycles. The number of ether oxygens (including phenoxy) is 1. The third kappa shape index (κ3) is 4.23. The molecule has 0 spiro atoms. The van der Waals surface area contributed by atoms with Crippen molar-refractivity contribution in [3.63, 3.8) is 0 Å². The fraction of sp³-hybridized carbons (Fsp3) is 0.348. The predicted octanol–water partition coefficient (Wildman–Crippen LogP) is 4.93. The Bertz CT molecular complexity index is 1170. The predicted molar refractivity (Wildman–Crippen MR) is 124 cm³/mol. The molecule has 2 amide bonds. The molecule has 3 aromatic rings. The van der Waals surface area contributed by atoms with Crippen molar-refractivity contribution < 1.29 is 14.3 Å². The van der Waals surface area contributed by atoms with E-state index >= 15 is 0 Å². The van der Waals surface area contributed by atoms with E-state index in [0.29, 0.717) is 39.1 Å². The summed E-state index contributed by atoms with van der Waals surface area (Å²) in [6.07, 6.45) is 4.52. The summed E-state index contributed by atoms with van der Waals surface area (Å²) in [6.45, 7) is 6.69. The number of fused-ring (bicyclic) bond motifs is 1. The molecule has 0 saturated heterocycles. The van der Waals surface area contributed by atoms with Crippen molar-refractivity contribution in [3.8, 4) is 5.75 Å². The lowest BCUT2D eigenvalue weighted by Gasteiger charge is -2.33. The largest absolute Gasteiger partial charge is 0.417 e. The van der Waals surface area contributed by atoms with Crippen LogP contribution in [0.15, 0.2) is 42.7 Å². The Morgan fingerprint density at radius 3 is 2.59 bits per heavy atom. The number of benzene rings is 1. The lowest BCUT2D eigenvalue weighted by atomic mass is 9.80. The van der Waals surface area contributed by atoms with Gasteiger partial charge in [-0.15, -0.1) is 0 Å². The molecule has 0 aliphatic heterocycles. The zero-order valence-corrected chi connectivity index (χ0v) is 18.9. The molecular weight excluding hydrogens is 430 g/mol. The Morgan fingerprint density at radius 1 is 1.25 bits per heavy atom. The Labute approximate surface area is 191 Å². The van der Waals surface area contributed by atoms with Crippen molar-refractivity contribution in [2.45, 2.75) is 39.7 Å². The number of carbonyl (C=O) groups excluding carboxylic acids is 2. The first kappa shape index (κ1) is 22.0. The molecule has 1 fully saturated rings. The highest BCUT2D eigenvalue weighted by molar-refractivity contribution is 6.30. The summed E-state index contributed by atoms with van der Waals surface area (Å²) in [4.78, 5) is 24.4. The molecule has 1 aliphatic carbocycles. The van der Waals surface area contributed by atoms with Gasteiger partial charge in [0.25, 0.3) is 5.91 Å². The fourth-order valence-electron chi connectivity index (χ4n) is 4.15. The SMILES string of the molecule is CC1CCC(Nc2c(C(N)=O)cnn3cc(NC(=O)Oc4ccc(Cl)cc4)cc23)C1(C)C. The van der Waals surface area contributed by atoms with Crippen LogP contribution in [0, 0.1) is 11.3 Å². The lowest BCUT2D eigenvalue weighted by Crippen LogP contribution is -2.35. The molecular formula is C23H26ClN5O3. The number of nitrogens with one attached hydrogen (secondary N) is 2. The summed E-state index contributed by atoms with van der Waals surface area (Å²) in [5.41, 5.74) is 7.70. The number of aromatic nitrogens is 2. The van der Waals surface area contributed by atoms with E-state index < -0.39 is 12.0 Å². The van der Waals surface area contributed by atoms with E-state index in [2.05, 4.69) is 36.5 Å². The number of nitrogens with two attached hydrogens (primary N) is 1. The fourth-order valence-corrected chi connectivity index (χ4v) is 4.28. The second-order valence-electron chi connectivity index (χ2n) is 8.82. The maximum absolute atomic E-state index is 12.3. The second-order valence-corrected chi connectivity index (χ2v) is 9.26. The standard InChI is InChI=1S/C23H26ClN5O3/c1-13-4-9-19(23(13,2)3)28-20-17(21(25)30)11-26-29-12-15(10-18(20)29)27-22(31)32-16-7-5-14(24)6-8-16/h5-8,10-13,19,28H,4,9H2,1-3H3,(H2,25,30)(H,27,31). The first-order valence-corrected chi connectivity index (χ1v) is 10.8. The van der Waals surface area contributed by atoms with Gasteiger partial charge in [0.15, 0.2) is 0 Å². The van der Waals surface area contributed by atoms with Crippen LogP contribution in [0.2, 0.25) is 5.02 Å². The van der Waals surface area contributed by atoms with Crippen molar-refractivity contribution >= 4 is 40.5 Å². The molecule has 32 heavy (non-hydrogen) atoms. The Morgan fingerprint density at radius 2 is 1.97 bits per heavy atom. The Kier molecular flexibility index (Phi) is 5.73. The van der Waals surface area contributed by atoms with Gasteiger partial charge in [0.1, 0.15) is 5.75 Å². The number of nitrogens with zero attached hydrogens (tertiary/aromatic N) is 2. The van der Waals surface area contributed by atoms with Crippen LogP contribution in [0.25, 0.3) is 5.52 Å². The summed E-state index contributed by atoms with van der Waals surface area (Å²) in [5.74, 6) is 0.343. The van der Waals surface area contributed by atoms with Crippen LogP contribution in [0.5, 0.6) is 5.75 Å². The number of anilines is 2. The zero-order valence-electron chi connectivity index (χ0n) is 18.2. The zero-order chi connectivity index (χ0) is 23.0. The summed E-state index contributed by atoms with van der Waals surface area (Å²) in [7, 11) is 0. The van der Waals surface area contributed by atoms with Gasteiger partial charge in [-0.25, -0.2) is 9.31 Å². The maximum Gasteiger partial charge on any atom is 0.417 e. The molecule has 0 bridgehead atoms. The van der Waals surface area contributed by atoms with Crippen LogP contribution in [-0.2, 0) is 0 Å². The van der Waals surface area contributed by atoms with Crippen molar-refractivity contribution in [1.29, 1.82) is 0 Å². The summed E-state index contributed by atoms with van der Waals surface area (Å²) >= 11 is 5.85. The molecule has 4 rings (SSSR count). The topological polar surface area (TPSA) is 111 Å². The molecule has 2 atom stereocenters. The average molecular weight is 456 g/mol. The van der Waals surface area contributed by atoms with E-state index in [4.69, 9.17) is 22.1 Å². The van der Waals surface area contributed by atoms with Gasteiger partial charge in [0, 0.05) is 11.1 Å². The van der Waals surface area contributed by atoms with E-state index in [1.165, 1.54) is 6.20 Å². The molecule has 168 valence electrons. The van der Waals surface area contributed by atoms with E-state index in [1.807, 2.05) is 0 Å². The Balaban J connectivity index is 1.61. The number of primary amides is 1. The van der Waals surface area contributed by atoms with Crippen molar-refractivity contribution in [3.05, 3.63) is 53.3 Å². The van der Waals surface area contributed by atoms with Crippen LogP contribution < -0.4 is 21.1 Å². The molecule has 8 nitrogen and oxygen atoms in total. The summed E-state index contributed by atoms with van der Waals surface area (Å²) in [5, 5.41) is 11.1. The first-order valence-electron chi connectivity index (χ1n) is 10.5. The molecule has 0 radical (unpaired) electrons. The molecule has 4 N–H and O–H groups in total. The number of rotatable bonds is 5. The summed E-state index contributed by atoms with van der Waals surface area (Å²) in [6, 6.07) is 8.38. The quantitative estimate of drug-likeness (QED) is 0.505. The number of amides is 2. The third-order valence-corrected chi connectivity index (χ3v) is 6.80. The van der Waals surface area contributed by atoms with E-state index in [0.717, 1.165) is 12.8 Å². The highest BCUT2D eigenvalue weighted by atomic mass is 35.5. The molecule has 1 aromatic carbocycles. The molecule has 2 unspecified atom stereocenters. The monoisotopic (exact) mass is 455 g/mol. The third-order valence-electron chi connectivity index (χ3n) is 6.55. The van der Waals surface area contributed by atoms with Gasteiger partial charge in [-0.2, -0.15) is 5.10 Å². The van der Waals surface area contributed by atoms with Gasteiger partial charge in [0.2, 0.25) is 0 Å². The van der Waals surface area contributed by atoms with Gasteiger partial charge in [-0.1, -0.05) is 32.4 Å². The normalized spacial score (nSPS) is 19.6. The minimum Gasteiger partial charge on any atom is -0.410 e. The number of carbonyl (C=O) groups is 2. The highest BCUT2D eigenvalue weighted by Crippen LogP contribution is 2.44. The lowest BCUT2D eigenvalue weighted by molar-refractivity contribution is 0.100.